The second kappa shape index (κ2) is 6.70. The SMILES string of the molecule is Cn1c(SCc2ccc(Br)cc2)nnc1-c1csc2ccccc12. The van der Waals surface area contributed by atoms with E-state index < -0.39 is 0 Å². The summed E-state index contributed by atoms with van der Waals surface area (Å²) in [6.07, 6.45) is 0. The van der Waals surface area contributed by atoms with Gasteiger partial charge in [-0.3, -0.25) is 0 Å². The largest absolute Gasteiger partial charge is 0.305 e. The van der Waals surface area contributed by atoms with Crippen LogP contribution in [0.2, 0.25) is 0 Å². The fraction of sp³-hybridized carbons (Fsp3) is 0.111. The molecule has 4 rings (SSSR count). The van der Waals surface area contributed by atoms with Crippen molar-refractivity contribution in [3.8, 4) is 11.4 Å². The van der Waals surface area contributed by atoms with Crippen LogP contribution >= 0.6 is 39.0 Å². The van der Waals surface area contributed by atoms with Crippen molar-refractivity contribution in [1.82, 2.24) is 14.8 Å². The zero-order chi connectivity index (χ0) is 16.5. The number of nitrogens with zero attached hydrogens (tertiary/aromatic N) is 3. The normalized spacial score (nSPS) is 11.2. The third-order valence-corrected chi connectivity index (χ3v) is 6.42. The van der Waals surface area contributed by atoms with E-state index >= 15 is 0 Å². The quantitative estimate of drug-likeness (QED) is 0.397. The van der Waals surface area contributed by atoms with E-state index in [0.29, 0.717) is 0 Å². The zero-order valence-electron chi connectivity index (χ0n) is 12.9. The third kappa shape index (κ3) is 3.01. The first kappa shape index (κ1) is 15.9. The molecule has 0 unspecified atom stereocenters. The van der Waals surface area contributed by atoms with E-state index in [9.17, 15) is 0 Å². The predicted molar refractivity (Wildman–Crippen MR) is 106 cm³/mol. The van der Waals surface area contributed by atoms with Crippen molar-refractivity contribution in [3.63, 3.8) is 0 Å². The number of halogens is 1. The van der Waals surface area contributed by atoms with Crippen molar-refractivity contribution in [3.05, 3.63) is 63.9 Å². The molecule has 0 atom stereocenters. The topological polar surface area (TPSA) is 30.7 Å². The summed E-state index contributed by atoms with van der Waals surface area (Å²) in [4.78, 5) is 0. The molecule has 0 bridgehead atoms. The summed E-state index contributed by atoms with van der Waals surface area (Å²) in [7, 11) is 2.03. The van der Waals surface area contributed by atoms with Crippen LogP contribution in [0.3, 0.4) is 0 Å². The molecule has 2 aromatic carbocycles. The van der Waals surface area contributed by atoms with Gasteiger partial charge in [-0.15, -0.1) is 21.5 Å². The van der Waals surface area contributed by atoms with Gasteiger partial charge in [0, 0.05) is 38.3 Å². The molecule has 4 aromatic rings. The lowest BCUT2D eigenvalue weighted by molar-refractivity contribution is 0.794. The minimum absolute atomic E-state index is 0.879. The van der Waals surface area contributed by atoms with E-state index in [1.165, 1.54) is 15.6 Å². The van der Waals surface area contributed by atoms with Gasteiger partial charge in [-0.05, 0) is 23.8 Å². The summed E-state index contributed by atoms with van der Waals surface area (Å²) in [6.45, 7) is 0. The van der Waals surface area contributed by atoms with Gasteiger partial charge in [0.05, 0.1) is 0 Å². The Morgan fingerprint density at radius 2 is 1.88 bits per heavy atom. The molecule has 3 nitrogen and oxygen atoms in total. The molecule has 2 heterocycles. The highest BCUT2D eigenvalue weighted by atomic mass is 79.9. The maximum atomic E-state index is 4.43. The second-order valence-electron chi connectivity index (χ2n) is 5.43. The average Bonchev–Trinajstić information content (AvgIpc) is 3.18. The van der Waals surface area contributed by atoms with Crippen molar-refractivity contribution in [2.75, 3.05) is 0 Å². The fourth-order valence-electron chi connectivity index (χ4n) is 2.55. The summed E-state index contributed by atoms with van der Waals surface area (Å²) >= 11 is 6.92. The van der Waals surface area contributed by atoms with E-state index in [4.69, 9.17) is 0 Å². The number of rotatable bonds is 4. The molecule has 0 spiro atoms. The summed E-state index contributed by atoms with van der Waals surface area (Å²) in [6, 6.07) is 16.8. The summed E-state index contributed by atoms with van der Waals surface area (Å²) in [5, 5.41) is 13.1. The van der Waals surface area contributed by atoms with E-state index in [1.807, 2.05) is 7.05 Å². The van der Waals surface area contributed by atoms with Crippen molar-refractivity contribution < 1.29 is 0 Å². The molecule has 6 heteroatoms. The Hall–Kier alpha value is -1.63. The molecule has 0 N–H and O–H groups in total. The lowest BCUT2D eigenvalue weighted by atomic mass is 10.2. The minimum atomic E-state index is 0.879. The Kier molecular flexibility index (Phi) is 4.43. The van der Waals surface area contributed by atoms with Gasteiger partial charge in [0.25, 0.3) is 0 Å². The molecule has 24 heavy (non-hydrogen) atoms. The zero-order valence-corrected chi connectivity index (χ0v) is 16.2. The minimum Gasteiger partial charge on any atom is -0.305 e. The van der Waals surface area contributed by atoms with E-state index in [2.05, 4.69) is 84.6 Å². The molecule has 0 aliphatic rings. The molecule has 0 aliphatic carbocycles. The molecule has 0 fully saturated rings. The molecular formula is C18H14BrN3S2. The Morgan fingerprint density at radius 3 is 2.71 bits per heavy atom. The number of thioether (sulfide) groups is 1. The number of aromatic nitrogens is 3. The highest BCUT2D eigenvalue weighted by molar-refractivity contribution is 9.10. The van der Waals surface area contributed by atoms with Gasteiger partial charge < -0.3 is 4.57 Å². The van der Waals surface area contributed by atoms with Gasteiger partial charge in [-0.1, -0.05) is 58.0 Å². The van der Waals surface area contributed by atoms with Gasteiger partial charge in [0.1, 0.15) is 0 Å². The third-order valence-electron chi connectivity index (χ3n) is 3.84. The first-order chi connectivity index (χ1) is 11.7. The number of hydrogen-bond acceptors (Lipinski definition) is 4. The molecule has 0 amide bonds. The lowest BCUT2D eigenvalue weighted by Gasteiger charge is -2.04. The van der Waals surface area contributed by atoms with Gasteiger partial charge in [0.15, 0.2) is 11.0 Å². The van der Waals surface area contributed by atoms with Crippen LogP contribution < -0.4 is 0 Å². The molecule has 0 saturated heterocycles. The number of benzene rings is 2. The van der Waals surface area contributed by atoms with Gasteiger partial charge in [-0.25, -0.2) is 0 Å². The molecule has 120 valence electrons. The standard InChI is InChI=1S/C18H14BrN3S2/c1-22-17(15-11-23-16-5-3-2-4-14(15)16)20-21-18(22)24-10-12-6-8-13(19)9-7-12/h2-9,11H,10H2,1H3. The lowest BCUT2D eigenvalue weighted by Crippen LogP contribution is -1.94. The van der Waals surface area contributed by atoms with Gasteiger partial charge in [-0.2, -0.15) is 0 Å². The van der Waals surface area contributed by atoms with E-state index in [1.54, 1.807) is 23.1 Å². The second-order valence-corrected chi connectivity index (χ2v) is 8.20. The van der Waals surface area contributed by atoms with Crippen molar-refractivity contribution in [2.45, 2.75) is 10.9 Å². The highest BCUT2D eigenvalue weighted by Gasteiger charge is 2.15. The molecule has 0 aliphatic heterocycles. The van der Waals surface area contributed by atoms with Crippen LogP contribution in [0.15, 0.2) is 63.5 Å². The van der Waals surface area contributed by atoms with E-state index in [0.717, 1.165) is 26.8 Å². The van der Waals surface area contributed by atoms with Crippen molar-refractivity contribution >= 4 is 49.1 Å². The van der Waals surface area contributed by atoms with Crippen LogP contribution in [0.5, 0.6) is 0 Å². The first-order valence-electron chi connectivity index (χ1n) is 7.45. The van der Waals surface area contributed by atoms with Crippen LogP contribution in [0.25, 0.3) is 21.5 Å². The van der Waals surface area contributed by atoms with Gasteiger partial charge in [0.2, 0.25) is 0 Å². The number of fused-ring (bicyclic) bond motifs is 1. The Morgan fingerprint density at radius 1 is 1.08 bits per heavy atom. The summed E-state index contributed by atoms with van der Waals surface area (Å²) in [5.41, 5.74) is 2.43. The smallest absolute Gasteiger partial charge is 0.191 e. The molecular weight excluding hydrogens is 402 g/mol. The number of hydrogen-bond donors (Lipinski definition) is 0. The van der Waals surface area contributed by atoms with Crippen LogP contribution in [0, 0.1) is 0 Å². The fourth-order valence-corrected chi connectivity index (χ4v) is 4.63. The molecule has 2 aromatic heterocycles. The van der Waals surface area contributed by atoms with Gasteiger partial charge >= 0.3 is 0 Å². The molecule has 0 radical (unpaired) electrons. The van der Waals surface area contributed by atoms with E-state index in [-0.39, 0.29) is 0 Å². The Labute approximate surface area is 156 Å². The monoisotopic (exact) mass is 415 g/mol. The van der Waals surface area contributed by atoms with Crippen LogP contribution in [-0.2, 0) is 12.8 Å². The maximum absolute atomic E-state index is 4.43. The Balaban J connectivity index is 1.60. The van der Waals surface area contributed by atoms with Crippen LogP contribution in [0.1, 0.15) is 5.56 Å². The van der Waals surface area contributed by atoms with Crippen molar-refractivity contribution in [2.24, 2.45) is 7.05 Å². The van der Waals surface area contributed by atoms with Crippen LogP contribution in [0.4, 0.5) is 0 Å². The highest BCUT2D eigenvalue weighted by Crippen LogP contribution is 2.34. The maximum Gasteiger partial charge on any atom is 0.191 e. The number of thiophene rings is 1. The van der Waals surface area contributed by atoms with Crippen LogP contribution in [-0.4, -0.2) is 14.8 Å². The predicted octanol–water partition coefficient (Wildman–Crippen LogP) is 5.75. The van der Waals surface area contributed by atoms with Crippen molar-refractivity contribution in [1.29, 1.82) is 0 Å². The first-order valence-corrected chi connectivity index (χ1v) is 10.1. The summed E-state index contributed by atoms with van der Waals surface area (Å²) < 4.78 is 4.46. The average molecular weight is 416 g/mol. The Bertz CT molecular complexity index is 989. The molecule has 0 saturated carbocycles. The summed E-state index contributed by atoms with van der Waals surface area (Å²) in [5.74, 6) is 1.80.